The maximum atomic E-state index is 13.2. The summed E-state index contributed by atoms with van der Waals surface area (Å²) in [6, 6.07) is 19.2. The summed E-state index contributed by atoms with van der Waals surface area (Å²) in [5, 5.41) is 3.54. The maximum absolute atomic E-state index is 13.2. The lowest BCUT2D eigenvalue weighted by atomic mass is 10.1. The van der Waals surface area contributed by atoms with E-state index in [0.717, 1.165) is 33.2 Å². The summed E-state index contributed by atoms with van der Waals surface area (Å²) in [4.78, 5) is 24.1. The molecule has 7 heteroatoms. The lowest BCUT2D eigenvalue weighted by molar-refractivity contribution is -0.126. The van der Waals surface area contributed by atoms with Gasteiger partial charge in [0.15, 0.2) is 6.10 Å². The van der Waals surface area contributed by atoms with Crippen LogP contribution < -0.4 is 9.64 Å². The number of hydrogen-bond acceptors (Lipinski definition) is 5. The highest BCUT2D eigenvalue weighted by molar-refractivity contribution is 7.13. The van der Waals surface area contributed by atoms with E-state index in [1.807, 2.05) is 73.0 Å². The zero-order chi connectivity index (χ0) is 22.1. The summed E-state index contributed by atoms with van der Waals surface area (Å²) >= 11 is 7.58. The number of anilines is 1. The first kappa shape index (κ1) is 20.7. The van der Waals surface area contributed by atoms with Crippen LogP contribution in [0.5, 0.6) is 5.75 Å². The summed E-state index contributed by atoms with van der Waals surface area (Å²) in [7, 11) is 0. The van der Waals surface area contributed by atoms with Gasteiger partial charge >= 0.3 is 0 Å². The van der Waals surface area contributed by atoms with Crippen LogP contribution in [0.3, 0.4) is 0 Å². The predicted molar refractivity (Wildman–Crippen MR) is 128 cm³/mol. The summed E-state index contributed by atoms with van der Waals surface area (Å²) in [6.07, 6.45) is 1.88. The van der Waals surface area contributed by atoms with Crippen molar-refractivity contribution in [2.45, 2.75) is 26.0 Å². The van der Waals surface area contributed by atoms with Gasteiger partial charge in [-0.25, -0.2) is 4.98 Å². The number of aromatic nitrogens is 2. The number of hydrogen-bond donors (Lipinski definition) is 0. The number of ether oxygens (including phenoxy) is 1. The molecule has 1 amide bonds. The number of thiazole rings is 1. The standard InChI is InChI=1S/C25H20ClN3O2S/c1-2-22-25(30)29(14-16-6-9-18(26)10-7-16)21-13-17(8-11-23(21)31-22)20-15-32-24(28-20)19-5-3-4-12-27-19/h3-13,15,22H,2,14H2,1H3. The largest absolute Gasteiger partial charge is 0.478 e. The number of pyridine rings is 1. The van der Waals surface area contributed by atoms with Crippen LogP contribution in [0.1, 0.15) is 18.9 Å². The third-order valence-electron chi connectivity index (χ3n) is 5.37. The van der Waals surface area contributed by atoms with Crippen LogP contribution in [0, 0.1) is 0 Å². The quantitative estimate of drug-likeness (QED) is 0.353. The van der Waals surface area contributed by atoms with Crippen molar-refractivity contribution in [3.05, 3.63) is 82.8 Å². The molecule has 4 aromatic rings. The van der Waals surface area contributed by atoms with Crippen LogP contribution in [0.4, 0.5) is 5.69 Å². The van der Waals surface area contributed by atoms with Crippen LogP contribution in [-0.4, -0.2) is 22.0 Å². The number of benzene rings is 2. The van der Waals surface area contributed by atoms with Gasteiger partial charge in [-0.15, -0.1) is 11.3 Å². The van der Waals surface area contributed by atoms with Crippen LogP contribution in [0.15, 0.2) is 72.2 Å². The SMILES string of the molecule is CCC1Oc2ccc(-c3csc(-c4ccccn4)n3)cc2N(Cc2ccc(Cl)cc2)C1=O. The van der Waals surface area contributed by atoms with E-state index in [2.05, 4.69) is 4.98 Å². The van der Waals surface area contributed by atoms with Crippen molar-refractivity contribution < 1.29 is 9.53 Å². The minimum atomic E-state index is -0.490. The van der Waals surface area contributed by atoms with Gasteiger partial charge in [0.1, 0.15) is 10.8 Å². The second-order valence-corrected chi connectivity index (χ2v) is 8.80. The molecule has 0 spiro atoms. The van der Waals surface area contributed by atoms with Crippen molar-refractivity contribution in [2.75, 3.05) is 4.90 Å². The van der Waals surface area contributed by atoms with Crippen LogP contribution in [0.2, 0.25) is 5.02 Å². The zero-order valence-corrected chi connectivity index (χ0v) is 18.9. The van der Waals surface area contributed by atoms with Crippen molar-refractivity contribution in [3.8, 4) is 27.7 Å². The molecule has 1 atom stereocenters. The summed E-state index contributed by atoms with van der Waals surface area (Å²) < 4.78 is 6.01. The molecule has 1 aliphatic rings. The van der Waals surface area contributed by atoms with Gasteiger partial charge in [0.05, 0.1) is 23.6 Å². The van der Waals surface area contributed by atoms with E-state index in [1.54, 1.807) is 22.4 Å². The first-order chi connectivity index (χ1) is 15.6. The molecule has 0 bridgehead atoms. The van der Waals surface area contributed by atoms with Crippen molar-refractivity contribution >= 4 is 34.5 Å². The molecule has 160 valence electrons. The second kappa shape index (κ2) is 8.73. The van der Waals surface area contributed by atoms with Crippen LogP contribution in [0.25, 0.3) is 22.0 Å². The third kappa shape index (κ3) is 3.99. The Bertz CT molecular complexity index is 1260. The van der Waals surface area contributed by atoms with Crippen molar-refractivity contribution in [3.63, 3.8) is 0 Å². The highest BCUT2D eigenvalue weighted by Gasteiger charge is 2.33. The molecule has 0 fully saturated rings. The molecule has 5 rings (SSSR count). The van der Waals surface area contributed by atoms with E-state index in [-0.39, 0.29) is 5.91 Å². The Labute approximate surface area is 195 Å². The van der Waals surface area contributed by atoms with E-state index in [1.165, 1.54) is 0 Å². The van der Waals surface area contributed by atoms with Gasteiger partial charge in [-0.05, 0) is 54.4 Å². The van der Waals surface area contributed by atoms with Gasteiger partial charge in [0.2, 0.25) is 0 Å². The number of amides is 1. The number of nitrogens with zero attached hydrogens (tertiary/aromatic N) is 3. The van der Waals surface area contributed by atoms with Crippen LogP contribution >= 0.6 is 22.9 Å². The molecule has 1 aliphatic heterocycles. The van der Waals surface area contributed by atoms with E-state index < -0.39 is 6.10 Å². The molecule has 2 aromatic carbocycles. The molecule has 0 saturated heterocycles. The first-order valence-electron chi connectivity index (χ1n) is 10.4. The smallest absolute Gasteiger partial charge is 0.268 e. The summed E-state index contributed by atoms with van der Waals surface area (Å²) in [5.41, 5.74) is 4.36. The zero-order valence-electron chi connectivity index (χ0n) is 17.4. The van der Waals surface area contributed by atoms with E-state index in [4.69, 9.17) is 21.3 Å². The normalized spacial score (nSPS) is 15.4. The number of carbonyl (C=O) groups is 1. The topological polar surface area (TPSA) is 55.3 Å². The summed E-state index contributed by atoms with van der Waals surface area (Å²) in [6.45, 7) is 2.40. The van der Waals surface area contributed by atoms with Gasteiger partial charge < -0.3 is 9.64 Å². The highest BCUT2D eigenvalue weighted by atomic mass is 35.5. The first-order valence-corrected chi connectivity index (χ1v) is 11.6. The average molecular weight is 462 g/mol. The Balaban J connectivity index is 1.51. The number of halogens is 1. The Morgan fingerprint density at radius 3 is 2.69 bits per heavy atom. The van der Waals surface area contributed by atoms with E-state index in [9.17, 15) is 4.79 Å². The van der Waals surface area contributed by atoms with Crippen molar-refractivity contribution in [2.24, 2.45) is 0 Å². The molecule has 0 saturated carbocycles. The fourth-order valence-electron chi connectivity index (χ4n) is 3.69. The van der Waals surface area contributed by atoms with Crippen molar-refractivity contribution in [1.82, 2.24) is 9.97 Å². The lowest BCUT2D eigenvalue weighted by Gasteiger charge is -2.34. The van der Waals surface area contributed by atoms with E-state index >= 15 is 0 Å². The minimum absolute atomic E-state index is 0.0421. The number of rotatable bonds is 5. The van der Waals surface area contributed by atoms with Crippen molar-refractivity contribution in [1.29, 1.82) is 0 Å². The Hall–Kier alpha value is -3.22. The third-order valence-corrected chi connectivity index (χ3v) is 6.49. The van der Waals surface area contributed by atoms with Crippen LogP contribution in [-0.2, 0) is 11.3 Å². The fraction of sp³-hybridized carbons (Fsp3) is 0.160. The Kier molecular flexibility index (Phi) is 5.64. The molecule has 0 N–H and O–H groups in total. The average Bonchev–Trinajstić information content (AvgIpc) is 3.33. The molecular formula is C25H20ClN3O2S. The van der Waals surface area contributed by atoms with Gasteiger partial charge in [-0.2, -0.15) is 0 Å². The maximum Gasteiger partial charge on any atom is 0.268 e. The molecule has 3 heterocycles. The molecule has 32 heavy (non-hydrogen) atoms. The summed E-state index contributed by atoms with van der Waals surface area (Å²) in [5.74, 6) is 0.661. The number of fused-ring (bicyclic) bond motifs is 1. The predicted octanol–water partition coefficient (Wildman–Crippen LogP) is 6.23. The molecular weight excluding hydrogens is 442 g/mol. The Morgan fingerprint density at radius 1 is 1.09 bits per heavy atom. The van der Waals surface area contributed by atoms with Gasteiger partial charge in [-0.3, -0.25) is 9.78 Å². The Morgan fingerprint density at radius 2 is 1.94 bits per heavy atom. The fourth-order valence-corrected chi connectivity index (χ4v) is 4.62. The molecule has 5 nitrogen and oxygen atoms in total. The van der Waals surface area contributed by atoms with Gasteiger partial charge in [-0.1, -0.05) is 36.7 Å². The number of carbonyl (C=O) groups excluding carboxylic acids is 1. The minimum Gasteiger partial charge on any atom is -0.478 e. The van der Waals surface area contributed by atoms with E-state index in [0.29, 0.717) is 23.7 Å². The molecule has 1 unspecified atom stereocenters. The second-order valence-electron chi connectivity index (χ2n) is 7.50. The molecule has 0 aliphatic carbocycles. The molecule has 2 aromatic heterocycles. The van der Waals surface area contributed by atoms with Gasteiger partial charge in [0.25, 0.3) is 5.91 Å². The van der Waals surface area contributed by atoms with Gasteiger partial charge in [0, 0.05) is 22.2 Å². The lowest BCUT2D eigenvalue weighted by Crippen LogP contribution is -2.45. The molecule has 0 radical (unpaired) electrons. The highest BCUT2D eigenvalue weighted by Crippen LogP contribution is 2.39. The monoisotopic (exact) mass is 461 g/mol.